The van der Waals surface area contributed by atoms with Gasteiger partial charge in [0.25, 0.3) is 5.95 Å². The Labute approximate surface area is 184 Å². The minimum Gasteiger partial charge on any atom is -0.429 e. The first kappa shape index (κ1) is 19.7. The molecule has 3 heterocycles. The van der Waals surface area contributed by atoms with Crippen LogP contribution in [0.3, 0.4) is 0 Å². The number of aromatic nitrogens is 3. The quantitative estimate of drug-likeness (QED) is 0.553. The number of anilines is 5. The SMILES string of the molecule is C=CC(=O)Nc1cccc(N2C(=O)N(C3CC3)Cc3cnc(Nc4nc(F)co4)nc32)c1.[HH].[HH]. The molecule has 0 spiro atoms. The Morgan fingerprint density at radius 2 is 2.19 bits per heavy atom. The lowest BCUT2D eigenvalue weighted by Gasteiger charge is -2.36. The highest BCUT2D eigenvalue weighted by Gasteiger charge is 2.41. The van der Waals surface area contributed by atoms with Gasteiger partial charge < -0.3 is 14.6 Å². The zero-order valence-corrected chi connectivity index (χ0v) is 16.8. The number of oxazole rings is 1. The third-order valence-corrected chi connectivity index (χ3v) is 5.07. The van der Waals surface area contributed by atoms with Crippen LogP contribution in [-0.2, 0) is 11.3 Å². The number of rotatable bonds is 6. The van der Waals surface area contributed by atoms with Crippen LogP contribution in [0.25, 0.3) is 0 Å². The van der Waals surface area contributed by atoms with Gasteiger partial charge in [-0.2, -0.15) is 14.4 Å². The molecule has 3 aromatic rings. The average Bonchev–Trinajstić information content (AvgIpc) is 3.55. The zero-order chi connectivity index (χ0) is 22.2. The molecule has 1 aromatic carbocycles. The van der Waals surface area contributed by atoms with Gasteiger partial charge in [-0.3, -0.25) is 10.1 Å². The van der Waals surface area contributed by atoms with Crippen molar-refractivity contribution in [3.05, 3.63) is 60.9 Å². The van der Waals surface area contributed by atoms with Crippen LogP contribution in [0, 0.1) is 5.95 Å². The predicted octanol–water partition coefficient (Wildman–Crippen LogP) is 4.20. The zero-order valence-electron chi connectivity index (χ0n) is 16.8. The Kier molecular flexibility index (Phi) is 4.77. The number of halogens is 1. The van der Waals surface area contributed by atoms with Crippen molar-refractivity contribution < 1.29 is 21.2 Å². The van der Waals surface area contributed by atoms with Gasteiger partial charge in [0.05, 0.1) is 12.2 Å². The maximum atomic E-state index is 13.4. The van der Waals surface area contributed by atoms with Gasteiger partial charge in [0.2, 0.25) is 11.9 Å². The molecule has 0 unspecified atom stereocenters. The molecule has 166 valence electrons. The highest BCUT2D eigenvalue weighted by Crippen LogP contribution is 2.39. The minimum atomic E-state index is -0.777. The summed E-state index contributed by atoms with van der Waals surface area (Å²) in [5.41, 5.74) is 1.78. The van der Waals surface area contributed by atoms with E-state index in [2.05, 4.69) is 32.2 Å². The molecule has 0 bridgehead atoms. The summed E-state index contributed by atoms with van der Waals surface area (Å²) in [4.78, 5) is 40.7. The highest BCUT2D eigenvalue weighted by molar-refractivity contribution is 6.03. The topological polar surface area (TPSA) is 116 Å². The summed E-state index contributed by atoms with van der Waals surface area (Å²) in [5.74, 6) is -0.664. The molecule has 1 aliphatic carbocycles. The molecular formula is C21H22FN7O3. The number of urea groups is 1. The third-order valence-electron chi connectivity index (χ3n) is 5.07. The van der Waals surface area contributed by atoms with E-state index in [-0.39, 0.29) is 32.8 Å². The number of nitrogens with zero attached hydrogens (tertiary/aromatic N) is 5. The van der Waals surface area contributed by atoms with Gasteiger partial charge in [0.15, 0.2) is 5.82 Å². The summed E-state index contributed by atoms with van der Waals surface area (Å²) in [6.07, 6.45) is 5.52. The normalized spacial score (nSPS) is 15.3. The van der Waals surface area contributed by atoms with E-state index in [1.165, 1.54) is 11.0 Å². The van der Waals surface area contributed by atoms with Gasteiger partial charge in [-0.05, 0) is 37.1 Å². The molecule has 32 heavy (non-hydrogen) atoms. The number of fused-ring (bicyclic) bond motifs is 1. The molecule has 2 aromatic heterocycles. The first-order valence-electron chi connectivity index (χ1n) is 9.90. The number of carbonyl (C=O) groups is 2. The fraction of sp³-hybridized carbons (Fsp3) is 0.190. The Morgan fingerprint density at radius 3 is 2.91 bits per heavy atom. The highest BCUT2D eigenvalue weighted by atomic mass is 19.1. The van der Waals surface area contributed by atoms with Gasteiger partial charge in [-0.15, -0.1) is 0 Å². The lowest BCUT2D eigenvalue weighted by Crippen LogP contribution is -2.46. The van der Waals surface area contributed by atoms with Crippen molar-refractivity contribution in [2.45, 2.75) is 25.4 Å². The van der Waals surface area contributed by atoms with E-state index < -0.39 is 5.95 Å². The Morgan fingerprint density at radius 1 is 1.34 bits per heavy atom. The summed E-state index contributed by atoms with van der Waals surface area (Å²) in [6, 6.07) is 6.72. The molecule has 5 rings (SSSR count). The molecule has 0 saturated heterocycles. The van der Waals surface area contributed by atoms with Crippen molar-refractivity contribution in [3.63, 3.8) is 0 Å². The van der Waals surface area contributed by atoms with E-state index in [4.69, 9.17) is 4.42 Å². The fourth-order valence-corrected chi connectivity index (χ4v) is 3.46. The number of hydrogen-bond acceptors (Lipinski definition) is 7. The molecule has 11 heteroatoms. The summed E-state index contributed by atoms with van der Waals surface area (Å²) >= 11 is 0. The van der Waals surface area contributed by atoms with Crippen molar-refractivity contribution >= 4 is 41.1 Å². The second-order valence-electron chi connectivity index (χ2n) is 7.36. The summed E-state index contributed by atoms with van der Waals surface area (Å²) in [7, 11) is 0. The third kappa shape index (κ3) is 3.75. The minimum absolute atomic E-state index is 0. The molecule has 1 aliphatic heterocycles. The van der Waals surface area contributed by atoms with Gasteiger partial charge >= 0.3 is 12.0 Å². The van der Waals surface area contributed by atoms with Crippen molar-refractivity contribution in [2.75, 3.05) is 15.5 Å². The van der Waals surface area contributed by atoms with Crippen LogP contribution in [0.15, 0.2) is 53.8 Å². The maximum absolute atomic E-state index is 13.4. The van der Waals surface area contributed by atoms with E-state index in [1.54, 1.807) is 35.4 Å². The van der Waals surface area contributed by atoms with Crippen LogP contribution in [-0.4, -0.2) is 37.8 Å². The van der Waals surface area contributed by atoms with E-state index in [1.807, 2.05) is 0 Å². The lowest BCUT2D eigenvalue weighted by molar-refractivity contribution is -0.111. The second kappa shape index (κ2) is 7.76. The van der Waals surface area contributed by atoms with E-state index in [9.17, 15) is 14.0 Å². The number of nitrogens with one attached hydrogen (secondary N) is 2. The molecule has 0 radical (unpaired) electrons. The second-order valence-corrected chi connectivity index (χ2v) is 7.36. The standard InChI is InChI=1S/C21H18FN7O3.2H2/c1-2-17(30)24-13-4-3-5-15(8-13)29-18-12(10-28(21(29)31)14-6-7-14)9-23-19(26-18)27-20-25-16(22)11-32-20;;/h2-5,8-9,11,14H,1,6-7,10H2,(H,24,30)(H,23,25,26,27);2*1H. The van der Waals surface area contributed by atoms with Crippen molar-refractivity contribution in [1.82, 2.24) is 19.9 Å². The molecular weight excluding hydrogens is 417 g/mol. The van der Waals surface area contributed by atoms with Crippen LogP contribution in [0.1, 0.15) is 21.3 Å². The summed E-state index contributed by atoms with van der Waals surface area (Å²) in [5, 5.41) is 5.39. The molecule has 2 aliphatic rings. The van der Waals surface area contributed by atoms with Crippen molar-refractivity contribution in [3.8, 4) is 0 Å². The molecule has 0 atom stereocenters. The number of hydrogen-bond donors (Lipinski definition) is 2. The van der Waals surface area contributed by atoms with Crippen LogP contribution < -0.4 is 15.5 Å². The van der Waals surface area contributed by atoms with Crippen LogP contribution in [0.5, 0.6) is 0 Å². The molecule has 3 amide bonds. The average molecular weight is 439 g/mol. The fourth-order valence-electron chi connectivity index (χ4n) is 3.46. The molecule has 10 nitrogen and oxygen atoms in total. The monoisotopic (exact) mass is 439 g/mol. The molecule has 2 N–H and O–H groups in total. The van der Waals surface area contributed by atoms with Crippen molar-refractivity contribution in [2.24, 2.45) is 0 Å². The lowest BCUT2D eigenvalue weighted by atomic mass is 10.1. The van der Waals surface area contributed by atoms with Gasteiger partial charge in [0.1, 0.15) is 6.26 Å². The van der Waals surface area contributed by atoms with Crippen LogP contribution >= 0.6 is 0 Å². The van der Waals surface area contributed by atoms with Gasteiger partial charge in [-0.1, -0.05) is 12.6 Å². The van der Waals surface area contributed by atoms with E-state index in [0.29, 0.717) is 23.7 Å². The molecule has 1 fully saturated rings. The Balaban J connectivity index is 0.00000162. The summed E-state index contributed by atoms with van der Waals surface area (Å²) in [6.45, 7) is 3.83. The largest absolute Gasteiger partial charge is 0.429 e. The maximum Gasteiger partial charge on any atom is 0.330 e. The first-order valence-corrected chi connectivity index (χ1v) is 9.90. The van der Waals surface area contributed by atoms with Crippen molar-refractivity contribution in [1.29, 1.82) is 0 Å². The van der Waals surface area contributed by atoms with E-state index in [0.717, 1.165) is 24.7 Å². The Hall–Kier alpha value is -4.28. The first-order chi connectivity index (χ1) is 15.5. The summed E-state index contributed by atoms with van der Waals surface area (Å²) < 4.78 is 18.1. The molecule has 1 saturated carbocycles. The van der Waals surface area contributed by atoms with Crippen LogP contribution in [0.2, 0.25) is 0 Å². The van der Waals surface area contributed by atoms with E-state index >= 15 is 0 Å². The Bertz CT molecular complexity index is 1230. The van der Waals surface area contributed by atoms with Gasteiger partial charge in [0, 0.05) is 26.3 Å². The smallest absolute Gasteiger partial charge is 0.330 e. The number of carbonyl (C=O) groups excluding carboxylic acids is 2. The number of benzene rings is 1. The number of amides is 3. The predicted molar refractivity (Wildman–Crippen MR) is 117 cm³/mol. The van der Waals surface area contributed by atoms with Crippen LogP contribution in [0.4, 0.5) is 38.3 Å². The van der Waals surface area contributed by atoms with Gasteiger partial charge in [-0.25, -0.2) is 14.7 Å².